The number of hydrogen-bond donors (Lipinski definition) is 2. The van der Waals surface area contributed by atoms with Crippen molar-refractivity contribution < 1.29 is 14.3 Å². The average molecular weight is 486 g/mol. The molecule has 36 heavy (non-hydrogen) atoms. The minimum absolute atomic E-state index is 0.101. The molecule has 6 nitrogen and oxygen atoms in total. The normalized spacial score (nSPS) is 16.1. The van der Waals surface area contributed by atoms with E-state index in [9.17, 15) is 9.59 Å². The van der Waals surface area contributed by atoms with Crippen molar-refractivity contribution in [1.29, 1.82) is 0 Å². The van der Waals surface area contributed by atoms with Crippen LogP contribution < -0.4 is 20.3 Å². The first kappa shape index (κ1) is 25.5. The molecule has 6 heteroatoms. The molecule has 0 aliphatic carbocycles. The summed E-state index contributed by atoms with van der Waals surface area (Å²) >= 11 is 0. The number of carbonyl (C=O) groups excluding carboxylic acids is 2. The lowest BCUT2D eigenvalue weighted by Crippen LogP contribution is -2.52. The fourth-order valence-electron chi connectivity index (χ4n) is 4.43. The van der Waals surface area contributed by atoms with Crippen LogP contribution in [-0.2, 0) is 29.0 Å². The van der Waals surface area contributed by atoms with Gasteiger partial charge in [-0.25, -0.2) is 0 Å². The number of rotatable bonds is 10. The van der Waals surface area contributed by atoms with Crippen molar-refractivity contribution in [3.63, 3.8) is 0 Å². The number of carbonyl (C=O) groups is 2. The zero-order chi connectivity index (χ0) is 25.3. The highest BCUT2D eigenvalue weighted by atomic mass is 16.5. The van der Waals surface area contributed by atoms with Gasteiger partial charge < -0.3 is 20.3 Å². The molecule has 2 atom stereocenters. The molecule has 2 N–H and O–H groups in total. The van der Waals surface area contributed by atoms with Gasteiger partial charge in [0.05, 0.1) is 24.9 Å². The van der Waals surface area contributed by atoms with Gasteiger partial charge in [0.1, 0.15) is 11.8 Å². The lowest BCUT2D eigenvalue weighted by atomic mass is 10.1. The molecular weight excluding hydrogens is 450 g/mol. The van der Waals surface area contributed by atoms with Crippen LogP contribution in [0.5, 0.6) is 5.75 Å². The summed E-state index contributed by atoms with van der Waals surface area (Å²) in [6.07, 6.45) is 3.11. The summed E-state index contributed by atoms with van der Waals surface area (Å²) in [5.74, 6) is 0.471. The number of amides is 2. The van der Waals surface area contributed by atoms with Crippen LogP contribution in [0.15, 0.2) is 78.9 Å². The van der Waals surface area contributed by atoms with Gasteiger partial charge in [-0.2, -0.15) is 0 Å². The van der Waals surface area contributed by atoms with Gasteiger partial charge in [-0.1, -0.05) is 66.7 Å². The standard InChI is InChI=1S/C30H35N3O3/c1-22(31-2)29(34)32-27-18-16-25-15-17-26(36-19-9-14-23-10-5-3-6-11-23)20-28(25)33(30(27)35)21-24-12-7-4-8-13-24/h3-8,10-13,15,17,20,22,27,31H,9,14,16,18-19,21H2,1-2H3,(H,32,34). The van der Waals surface area contributed by atoms with Crippen LogP contribution in [0.2, 0.25) is 0 Å². The zero-order valence-corrected chi connectivity index (χ0v) is 21.1. The Hall–Kier alpha value is -3.64. The summed E-state index contributed by atoms with van der Waals surface area (Å²) in [6, 6.07) is 25.4. The number of hydrogen-bond acceptors (Lipinski definition) is 4. The van der Waals surface area contributed by atoms with Gasteiger partial charge >= 0.3 is 0 Å². The van der Waals surface area contributed by atoms with Crippen LogP contribution in [0.3, 0.4) is 0 Å². The zero-order valence-electron chi connectivity index (χ0n) is 21.1. The quantitative estimate of drug-likeness (QED) is 0.421. The van der Waals surface area contributed by atoms with Gasteiger partial charge in [0, 0.05) is 6.07 Å². The second-order valence-corrected chi connectivity index (χ2v) is 9.25. The maximum Gasteiger partial charge on any atom is 0.249 e. The predicted octanol–water partition coefficient (Wildman–Crippen LogP) is 4.27. The van der Waals surface area contributed by atoms with E-state index in [4.69, 9.17) is 4.74 Å². The second-order valence-electron chi connectivity index (χ2n) is 9.25. The van der Waals surface area contributed by atoms with E-state index < -0.39 is 6.04 Å². The fraction of sp³-hybridized carbons (Fsp3) is 0.333. The average Bonchev–Trinajstić information content (AvgIpc) is 3.04. The number of aryl methyl sites for hydroxylation is 2. The summed E-state index contributed by atoms with van der Waals surface area (Å²) < 4.78 is 6.09. The highest BCUT2D eigenvalue weighted by Crippen LogP contribution is 2.32. The lowest BCUT2D eigenvalue weighted by molar-refractivity contribution is -0.128. The Labute approximate surface area is 213 Å². The van der Waals surface area contributed by atoms with Crippen LogP contribution in [0, 0.1) is 0 Å². The van der Waals surface area contributed by atoms with Crippen molar-refractivity contribution in [1.82, 2.24) is 10.6 Å². The summed E-state index contributed by atoms with van der Waals surface area (Å²) in [5.41, 5.74) is 4.25. The van der Waals surface area contributed by atoms with E-state index in [1.165, 1.54) is 5.56 Å². The number of likely N-dealkylation sites (N-methyl/N-ethyl adjacent to an activating group) is 1. The Morgan fingerprint density at radius 3 is 2.42 bits per heavy atom. The third-order valence-corrected chi connectivity index (χ3v) is 6.66. The highest BCUT2D eigenvalue weighted by Gasteiger charge is 2.32. The lowest BCUT2D eigenvalue weighted by Gasteiger charge is -2.27. The number of anilines is 1. The molecule has 1 heterocycles. The maximum atomic E-state index is 13.7. The van der Waals surface area contributed by atoms with E-state index in [0.717, 1.165) is 35.4 Å². The first-order valence-electron chi connectivity index (χ1n) is 12.7. The maximum absolute atomic E-state index is 13.7. The molecule has 2 unspecified atom stereocenters. The van der Waals surface area contributed by atoms with Crippen LogP contribution in [0.25, 0.3) is 0 Å². The molecule has 0 fully saturated rings. The Balaban J connectivity index is 1.52. The number of fused-ring (bicyclic) bond motifs is 1. The second kappa shape index (κ2) is 12.4. The van der Waals surface area contributed by atoms with Crippen molar-refractivity contribution in [2.24, 2.45) is 0 Å². The van der Waals surface area contributed by atoms with Crippen LogP contribution in [-0.4, -0.2) is 37.6 Å². The topological polar surface area (TPSA) is 70.7 Å². The Bertz CT molecular complexity index is 1150. The molecule has 2 amide bonds. The molecule has 3 aromatic carbocycles. The fourth-order valence-corrected chi connectivity index (χ4v) is 4.43. The van der Waals surface area contributed by atoms with Gasteiger partial charge in [0.25, 0.3) is 0 Å². The molecule has 4 rings (SSSR count). The number of benzene rings is 3. The first-order valence-corrected chi connectivity index (χ1v) is 12.7. The van der Waals surface area contributed by atoms with Crippen LogP contribution >= 0.6 is 0 Å². The molecule has 0 aromatic heterocycles. The molecule has 0 saturated carbocycles. The summed E-state index contributed by atoms with van der Waals surface area (Å²) in [6.45, 7) is 2.81. The van der Waals surface area contributed by atoms with E-state index in [1.807, 2.05) is 54.6 Å². The highest BCUT2D eigenvalue weighted by molar-refractivity contribution is 6.01. The number of nitrogens with one attached hydrogen (secondary N) is 2. The van der Waals surface area contributed by atoms with Crippen molar-refractivity contribution >= 4 is 17.5 Å². The Morgan fingerprint density at radius 1 is 1.03 bits per heavy atom. The SMILES string of the molecule is CNC(C)C(=O)NC1CCc2ccc(OCCCc3ccccc3)cc2N(Cc2ccccc2)C1=O. The minimum atomic E-state index is -0.584. The molecule has 0 bridgehead atoms. The van der Waals surface area contributed by atoms with Crippen LogP contribution in [0.4, 0.5) is 5.69 Å². The Morgan fingerprint density at radius 2 is 1.72 bits per heavy atom. The predicted molar refractivity (Wildman–Crippen MR) is 143 cm³/mol. The number of ether oxygens (including phenoxy) is 1. The molecule has 0 saturated heterocycles. The third kappa shape index (κ3) is 6.52. The van der Waals surface area contributed by atoms with E-state index in [1.54, 1.807) is 18.9 Å². The van der Waals surface area contributed by atoms with Crippen molar-refractivity contribution in [3.05, 3.63) is 95.6 Å². The van der Waals surface area contributed by atoms with Crippen LogP contribution in [0.1, 0.15) is 36.5 Å². The largest absolute Gasteiger partial charge is 0.494 e. The Kier molecular flexibility index (Phi) is 8.74. The van der Waals surface area contributed by atoms with Crippen molar-refractivity contribution in [3.8, 4) is 5.75 Å². The summed E-state index contributed by atoms with van der Waals surface area (Å²) in [4.78, 5) is 28.1. The first-order chi connectivity index (χ1) is 17.5. The molecule has 1 aliphatic rings. The summed E-state index contributed by atoms with van der Waals surface area (Å²) in [5, 5.41) is 5.90. The van der Waals surface area contributed by atoms with Crippen molar-refractivity contribution in [2.45, 2.75) is 51.2 Å². The summed E-state index contributed by atoms with van der Waals surface area (Å²) in [7, 11) is 1.73. The van der Waals surface area contributed by atoms with Crippen molar-refractivity contribution in [2.75, 3.05) is 18.6 Å². The molecule has 0 spiro atoms. The van der Waals surface area contributed by atoms with E-state index in [0.29, 0.717) is 26.0 Å². The molecule has 1 aliphatic heterocycles. The van der Waals surface area contributed by atoms with Gasteiger partial charge in [0.2, 0.25) is 11.8 Å². The monoisotopic (exact) mass is 485 g/mol. The molecule has 0 radical (unpaired) electrons. The van der Waals surface area contributed by atoms with E-state index in [-0.39, 0.29) is 17.9 Å². The molecule has 3 aromatic rings. The number of nitrogens with zero attached hydrogens (tertiary/aromatic N) is 1. The third-order valence-electron chi connectivity index (χ3n) is 6.66. The van der Waals surface area contributed by atoms with E-state index >= 15 is 0 Å². The smallest absolute Gasteiger partial charge is 0.249 e. The molecular formula is C30H35N3O3. The minimum Gasteiger partial charge on any atom is -0.494 e. The van der Waals surface area contributed by atoms with E-state index in [2.05, 4.69) is 34.9 Å². The van der Waals surface area contributed by atoms with Gasteiger partial charge in [-0.3, -0.25) is 9.59 Å². The molecule has 188 valence electrons. The van der Waals surface area contributed by atoms with Gasteiger partial charge in [-0.05, 0) is 62.4 Å². The van der Waals surface area contributed by atoms with Gasteiger partial charge in [-0.15, -0.1) is 0 Å². The van der Waals surface area contributed by atoms with Gasteiger partial charge in [0.15, 0.2) is 0 Å².